The van der Waals surface area contributed by atoms with Crippen molar-refractivity contribution in [3.63, 3.8) is 0 Å². The Labute approximate surface area is 215 Å². The summed E-state index contributed by atoms with van der Waals surface area (Å²) >= 11 is 5.91. The molecule has 2 amide bonds. The Morgan fingerprint density at radius 2 is 1.78 bits per heavy atom. The zero-order chi connectivity index (χ0) is 26.7. The Hall–Kier alpha value is -3.31. The molecule has 3 atom stereocenters. The maximum Gasteiger partial charge on any atom is 0.573 e. The molecule has 7 nitrogen and oxygen atoms in total. The van der Waals surface area contributed by atoms with Gasteiger partial charge in [0.15, 0.2) is 0 Å². The number of rotatable bonds is 6. The van der Waals surface area contributed by atoms with E-state index in [4.69, 9.17) is 16.3 Å². The van der Waals surface area contributed by atoms with Crippen molar-refractivity contribution >= 4 is 40.9 Å². The topological polar surface area (TPSA) is 79.9 Å². The average molecular weight is 542 g/mol. The van der Waals surface area contributed by atoms with Crippen LogP contribution in [-0.2, 0) is 14.3 Å². The molecule has 2 saturated heterocycles. The Morgan fingerprint density at radius 3 is 2.38 bits per heavy atom. The summed E-state index contributed by atoms with van der Waals surface area (Å²) in [4.78, 5) is 26.5. The molecule has 4 rings (SSSR count). The highest BCUT2D eigenvalue weighted by molar-refractivity contribution is 6.32. The number of ether oxygens (including phenoxy) is 2. The van der Waals surface area contributed by atoms with Crippen LogP contribution in [0.25, 0.3) is 6.08 Å². The monoisotopic (exact) mass is 541 g/mol. The maximum atomic E-state index is 13.2. The van der Waals surface area contributed by atoms with Gasteiger partial charge in [-0.2, -0.15) is 0 Å². The number of fused-ring (bicyclic) bond motifs is 2. The highest BCUT2D eigenvalue weighted by atomic mass is 35.5. The van der Waals surface area contributed by atoms with Crippen molar-refractivity contribution in [1.82, 2.24) is 4.90 Å². The summed E-state index contributed by atoms with van der Waals surface area (Å²) in [5, 5.41) is 5.51. The number of hydrogen-bond acceptors (Lipinski definition) is 5. The second-order valence-corrected chi connectivity index (χ2v) is 9.25. The van der Waals surface area contributed by atoms with Gasteiger partial charge >= 0.3 is 6.36 Å². The number of nitrogens with one attached hydrogen (secondary N) is 2. The van der Waals surface area contributed by atoms with E-state index in [-0.39, 0.29) is 46.1 Å². The third kappa shape index (κ3) is 6.92. The number of alkyl halides is 3. The SMILES string of the molecule is CC(=O)Nc1cc(Cl)c(OC(F)(F)F)cc1/C=C/C(=O)N1[C@@H]2COC[C@H]1C[C@H](Nc1ccc(F)cc1)C2. The van der Waals surface area contributed by atoms with E-state index in [1.807, 2.05) is 0 Å². The van der Waals surface area contributed by atoms with E-state index in [1.54, 1.807) is 17.0 Å². The minimum absolute atomic E-state index is 0.0436. The van der Waals surface area contributed by atoms with E-state index >= 15 is 0 Å². The Balaban J connectivity index is 1.51. The quantitative estimate of drug-likeness (QED) is 0.387. The molecule has 0 aliphatic carbocycles. The number of piperidine rings is 1. The van der Waals surface area contributed by atoms with Crippen LogP contribution in [0.4, 0.5) is 28.9 Å². The molecule has 2 aromatic carbocycles. The highest BCUT2D eigenvalue weighted by Gasteiger charge is 2.41. The van der Waals surface area contributed by atoms with Gasteiger partial charge in [-0.15, -0.1) is 13.2 Å². The highest BCUT2D eigenvalue weighted by Crippen LogP contribution is 2.36. The number of halogens is 5. The normalized spacial score (nSPS) is 21.6. The smallest absolute Gasteiger partial charge is 0.404 e. The second kappa shape index (κ2) is 11.0. The molecule has 0 saturated carbocycles. The van der Waals surface area contributed by atoms with E-state index in [9.17, 15) is 27.2 Å². The van der Waals surface area contributed by atoms with Gasteiger partial charge in [0.05, 0.1) is 30.3 Å². The van der Waals surface area contributed by atoms with E-state index in [0.717, 1.165) is 17.8 Å². The molecule has 2 aliphatic rings. The molecular weight excluding hydrogens is 518 g/mol. The molecule has 0 radical (unpaired) electrons. The molecular formula is C25H24ClF4N3O4. The lowest BCUT2D eigenvalue weighted by Crippen LogP contribution is -2.60. The van der Waals surface area contributed by atoms with Gasteiger partial charge in [0.2, 0.25) is 11.8 Å². The van der Waals surface area contributed by atoms with Crippen LogP contribution < -0.4 is 15.4 Å². The number of anilines is 2. The molecule has 12 heteroatoms. The summed E-state index contributed by atoms with van der Waals surface area (Å²) in [6, 6.07) is 7.76. The van der Waals surface area contributed by atoms with Gasteiger partial charge in [-0.1, -0.05) is 11.6 Å². The summed E-state index contributed by atoms with van der Waals surface area (Å²) in [6.45, 7) is 1.90. The third-order valence-corrected chi connectivity index (χ3v) is 6.33. The van der Waals surface area contributed by atoms with Crippen LogP contribution in [0, 0.1) is 5.82 Å². The third-order valence-electron chi connectivity index (χ3n) is 6.04. The first-order valence-electron chi connectivity index (χ1n) is 11.5. The molecule has 2 N–H and O–H groups in total. The maximum absolute atomic E-state index is 13.2. The van der Waals surface area contributed by atoms with E-state index < -0.39 is 18.0 Å². The Kier molecular flexibility index (Phi) is 7.93. The van der Waals surface area contributed by atoms with E-state index in [0.29, 0.717) is 26.1 Å². The molecule has 2 heterocycles. The zero-order valence-electron chi connectivity index (χ0n) is 19.6. The summed E-state index contributed by atoms with van der Waals surface area (Å²) in [5.41, 5.74) is 1.01. The van der Waals surface area contributed by atoms with Gasteiger partial charge in [-0.3, -0.25) is 9.59 Å². The first kappa shape index (κ1) is 26.7. The van der Waals surface area contributed by atoms with Gasteiger partial charge < -0.3 is 25.0 Å². The fourth-order valence-electron chi connectivity index (χ4n) is 4.63. The minimum atomic E-state index is -4.97. The molecule has 198 valence electrons. The van der Waals surface area contributed by atoms with E-state index in [1.165, 1.54) is 31.2 Å². The van der Waals surface area contributed by atoms with Crippen molar-refractivity contribution in [2.75, 3.05) is 23.8 Å². The van der Waals surface area contributed by atoms with Crippen LogP contribution in [0.1, 0.15) is 25.3 Å². The first-order valence-corrected chi connectivity index (χ1v) is 11.8. The average Bonchev–Trinajstić information content (AvgIpc) is 2.79. The van der Waals surface area contributed by atoms with Crippen LogP contribution in [-0.4, -0.2) is 54.4 Å². The summed E-state index contributed by atoms with van der Waals surface area (Å²) in [5.74, 6) is -1.81. The fraction of sp³-hybridized carbons (Fsp3) is 0.360. The number of hydrogen-bond donors (Lipinski definition) is 2. The number of morpholine rings is 1. The standard InChI is InChI=1S/C25H24ClF4N3O4/c1-14(34)31-22-11-21(26)23(37-25(28,29)30)8-15(22)2-7-24(35)33-19-9-18(10-20(33)13-36-12-19)32-17-5-3-16(27)4-6-17/h2-8,11,18-20,32H,9-10,12-13H2,1H3,(H,31,34)/b7-2+/t18-,19+,20-. The van der Waals surface area contributed by atoms with Gasteiger partial charge in [0, 0.05) is 36.0 Å². The van der Waals surface area contributed by atoms with Gasteiger partial charge in [0.1, 0.15) is 11.6 Å². The van der Waals surface area contributed by atoms with Crippen molar-refractivity contribution < 1.29 is 36.6 Å². The lowest BCUT2D eigenvalue weighted by Gasteiger charge is -2.48. The van der Waals surface area contributed by atoms with Crippen molar-refractivity contribution in [3.8, 4) is 5.75 Å². The van der Waals surface area contributed by atoms with Crippen molar-refractivity contribution in [2.45, 2.75) is 44.3 Å². The Bertz CT molecular complexity index is 1180. The summed E-state index contributed by atoms with van der Waals surface area (Å²) < 4.78 is 61.2. The molecule has 37 heavy (non-hydrogen) atoms. The van der Waals surface area contributed by atoms with Crippen molar-refractivity contribution in [3.05, 3.63) is 58.9 Å². The minimum Gasteiger partial charge on any atom is -0.404 e. The molecule has 2 fully saturated rings. The molecule has 2 bridgehead atoms. The number of amides is 2. The van der Waals surface area contributed by atoms with Gasteiger partial charge in [-0.05, 0) is 55.3 Å². The van der Waals surface area contributed by atoms with E-state index in [2.05, 4.69) is 15.4 Å². The molecule has 0 spiro atoms. The lowest BCUT2D eigenvalue weighted by atomic mass is 9.89. The van der Waals surface area contributed by atoms with Crippen LogP contribution in [0.5, 0.6) is 5.75 Å². The van der Waals surface area contributed by atoms with Gasteiger partial charge in [0.25, 0.3) is 0 Å². The van der Waals surface area contributed by atoms with Crippen LogP contribution in [0.2, 0.25) is 5.02 Å². The largest absolute Gasteiger partial charge is 0.573 e. The van der Waals surface area contributed by atoms with Crippen molar-refractivity contribution in [2.24, 2.45) is 0 Å². The number of carbonyl (C=O) groups is 2. The summed E-state index contributed by atoms with van der Waals surface area (Å²) in [6.07, 6.45) is -1.23. The Morgan fingerprint density at radius 1 is 1.14 bits per heavy atom. The predicted molar refractivity (Wildman–Crippen MR) is 130 cm³/mol. The van der Waals surface area contributed by atoms with Crippen LogP contribution >= 0.6 is 11.6 Å². The van der Waals surface area contributed by atoms with Crippen molar-refractivity contribution in [1.29, 1.82) is 0 Å². The van der Waals surface area contributed by atoms with Gasteiger partial charge in [-0.25, -0.2) is 4.39 Å². The lowest BCUT2D eigenvalue weighted by molar-refractivity contribution is -0.274. The predicted octanol–water partition coefficient (Wildman–Crippen LogP) is 5.22. The molecule has 0 unspecified atom stereocenters. The fourth-order valence-corrected chi connectivity index (χ4v) is 4.83. The zero-order valence-corrected chi connectivity index (χ0v) is 20.4. The second-order valence-electron chi connectivity index (χ2n) is 8.84. The first-order chi connectivity index (χ1) is 17.5. The number of carbonyl (C=O) groups excluding carboxylic acids is 2. The molecule has 2 aromatic rings. The van der Waals surface area contributed by atoms with Crippen LogP contribution in [0.3, 0.4) is 0 Å². The van der Waals surface area contributed by atoms with Crippen LogP contribution in [0.15, 0.2) is 42.5 Å². The molecule has 2 aliphatic heterocycles. The number of benzene rings is 2. The molecule has 0 aromatic heterocycles. The summed E-state index contributed by atoms with van der Waals surface area (Å²) in [7, 11) is 0. The number of nitrogens with zero attached hydrogens (tertiary/aromatic N) is 1.